The van der Waals surface area contributed by atoms with E-state index in [4.69, 9.17) is 9.47 Å². The molecule has 1 fully saturated rings. The average Bonchev–Trinajstić information content (AvgIpc) is 3.25. The Morgan fingerprint density at radius 3 is 2.65 bits per heavy atom. The molecule has 112 valence electrons. The van der Waals surface area contributed by atoms with E-state index in [1.807, 2.05) is 0 Å². The van der Waals surface area contributed by atoms with Gasteiger partial charge in [0, 0.05) is 32.7 Å². The molecule has 0 atom stereocenters. The molecule has 1 aliphatic carbocycles. The zero-order valence-corrected chi connectivity index (χ0v) is 12.9. The van der Waals surface area contributed by atoms with Crippen molar-refractivity contribution in [3.05, 3.63) is 29.3 Å². The first-order valence-electron chi connectivity index (χ1n) is 7.68. The summed E-state index contributed by atoms with van der Waals surface area (Å²) in [4.78, 5) is 0. The first kappa shape index (κ1) is 15.3. The van der Waals surface area contributed by atoms with E-state index in [1.54, 1.807) is 7.11 Å². The molecule has 0 spiro atoms. The van der Waals surface area contributed by atoms with Crippen LogP contribution >= 0.6 is 0 Å². The van der Waals surface area contributed by atoms with E-state index in [1.165, 1.54) is 24.0 Å². The Kier molecular flexibility index (Phi) is 5.86. The van der Waals surface area contributed by atoms with E-state index < -0.39 is 0 Å². The largest absolute Gasteiger partial charge is 0.493 e. The highest BCUT2D eigenvalue weighted by Gasteiger charge is 2.20. The van der Waals surface area contributed by atoms with Crippen molar-refractivity contribution in [2.24, 2.45) is 0 Å². The van der Waals surface area contributed by atoms with Crippen LogP contribution in [0.4, 0.5) is 0 Å². The van der Waals surface area contributed by atoms with Crippen LogP contribution in [0.2, 0.25) is 0 Å². The molecule has 0 aromatic heterocycles. The quantitative estimate of drug-likeness (QED) is 0.701. The van der Waals surface area contributed by atoms with Crippen molar-refractivity contribution < 1.29 is 9.47 Å². The van der Waals surface area contributed by atoms with Crippen molar-refractivity contribution in [3.8, 4) is 5.75 Å². The van der Waals surface area contributed by atoms with Gasteiger partial charge in [-0.1, -0.05) is 19.9 Å². The lowest BCUT2D eigenvalue weighted by atomic mass is 10.0. The minimum Gasteiger partial charge on any atom is -0.493 e. The van der Waals surface area contributed by atoms with Gasteiger partial charge in [-0.05, 0) is 42.0 Å². The van der Waals surface area contributed by atoms with Crippen LogP contribution in [0.5, 0.6) is 5.75 Å². The van der Waals surface area contributed by atoms with Crippen LogP contribution in [0, 0.1) is 0 Å². The molecule has 2 rings (SSSR count). The maximum Gasteiger partial charge on any atom is 0.119 e. The average molecular weight is 277 g/mol. The van der Waals surface area contributed by atoms with Gasteiger partial charge in [-0.15, -0.1) is 0 Å². The second-order valence-corrected chi connectivity index (χ2v) is 5.91. The van der Waals surface area contributed by atoms with E-state index in [0.717, 1.165) is 31.4 Å². The highest BCUT2D eigenvalue weighted by molar-refractivity contribution is 5.36. The topological polar surface area (TPSA) is 30.5 Å². The normalized spacial score (nSPS) is 14.8. The predicted octanol–water partition coefficient (Wildman–Crippen LogP) is 3.48. The lowest BCUT2D eigenvalue weighted by Crippen LogP contribution is -2.15. The third-order valence-corrected chi connectivity index (χ3v) is 3.59. The third kappa shape index (κ3) is 5.14. The summed E-state index contributed by atoms with van der Waals surface area (Å²) in [6, 6.07) is 7.36. The fraction of sp³-hybridized carbons (Fsp3) is 0.647. The molecular weight excluding hydrogens is 250 g/mol. The molecule has 1 aromatic carbocycles. The summed E-state index contributed by atoms with van der Waals surface area (Å²) >= 11 is 0. The summed E-state index contributed by atoms with van der Waals surface area (Å²) < 4.78 is 10.9. The van der Waals surface area contributed by atoms with Crippen molar-refractivity contribution >= 4 is 0 Å². The monoisotopic (exact) mass is 277 g/mol. The summed E-state index contributed by atoms with van der Waals surface area (Å²) in [6.07, 6.45) is 3.58. The SMILES string of the molecule is COCCCOc1cc(CNC2CC2)cc(C(C)C)c1. The standard InChI is InChI=1S/C17H27NO2/c1-13(2)15-9-14(12-18-16-5-6-16)10-17(11-15)20-8-4-7-19-3/h9-11,13,16,18H,4-8,12H2,1-3H3. The van der Waals surface area contributed by atoms with Gasteiger partial charge in [0.15, 0.2) is 0 Å². The Morgan fingerprint density at radius 2 is 2.00 bits per heavy atom. The number of rotatable bonds is 9. The third-order valence-electron chi connectivity index (χ3n) is 3.59. The zero-order valence-electron chi connectivity index (χ0n) is 12.9. The molecule has 1 aliphatic rings. The Labute approximate surface area is 122 Å². The van der Waals surface area contributed by atoms with E-state index in [9.17, 15) is 0 Å². The van der Waals surface area contributed by atoms with Crippen molar-refractivity contribution in [2.75, 3.05) is 20.3 Å². The number of nitrogens with one attached hydrogen (secondary N) is 1. The predicted molar refractivity (Wildman–Crippen MR) is 82.4 cm³/mol. The molecular formula is C17H27NO2. The fourth-order valence-corrected chi connectivity index (χ4v) is 2.15. The highest BCUT2D eigenvalue weighted by Crippen LogP contribution is 2.25. The minimum absolute atomic E-state index is 0.525. The first-order chi connectivity index (χ1) is 9.69. The molecule has 1 N–H and O–H groups in total. The van der Waals surface area contributed by atoms with Crippen molar-refractivity contribution in [1.82, 2.24) is 5.32 Å². The minimum atomic E-state index is 0.525. The molecule has 0 heterocycles. The van der Waals surface area contributed by atoms with Crippen LogP contribution in [-0.2, 0) is 11.3 Å². The number of ether oxygens (including phenoxy) is 2. The molecule has 1 saturated carbocycles. The second kappa shape index (κ2) is 7.65. The van der Waals surface area contributed by atoms with Crippen LogP contribution < -0.4 is 10.1 Å². The van der Waals surface area contributed by atoms with Gasteiger partial charge in [-0.25, -0.2) is 0 Å². The lowest BCUT2D eigenvalue weighted by Gasteiger charge is -2.13. The molecule has 0 bridgehead atoms. The smallest absolute Gasteiger partial charge is 0.119 e. The summed E-state index contributed by atoms with van der Waals surface area (Å²) in [5.74, 6) is 1.51. The Hall–Kier alpha value is -1.06. The van der Waals surface area contributed by atoms with Crippen LogP contribution in [0.15, 0.2) is 18.2 Å². The molecule has 1 aromatic rings. The van der Waals surface area contributed by atoms with Crippen molar-refractivity contribution in [2.45, 2.75) is 51.6 Å². The number of benzene rings is 1. The molecule has 0 saturated heterocycles. The van der Waals surface area contributed by atoms with Crippen molar-refractivity contribution in [3.63, 3.8) is 0 Å². The highest BCUT2D eigenvalue weighted by atomic mass is 16.5. The van der Waals surface area contributed by atoms with Crippen LogP contribution in [0.3, 0.4) is 0 Å². The first-order valence-corrected chi connectivity index (χ1v) is 7.68. The second-order valence-electron chi connectivity index (χ2n) is 5.91. The van der Waals surface area contributed by atoms with E-state index in [2.05, 4.69) is 37.4 Å². The summed E-state index contributed by atoms with van der Waals surface area (Å²) in [6.45, 7) is 6.86. The van der Waals surface area contributed by atoms with E-state index in [0.29, 0.717) is 12.5 Å². The summed E-state index contributed by atoms with van der Waals surface area (Å²) in [5, 5.41) is 3.57. The van der Waals surface area contributed by atoms with Gasteiger partial charge in [0.25, 0.3) is 0 Å². The molecule has 0 unspecified atom stereocenters. The molecule has 0 aliphatic heterocycles. The van der Waals surface area contributed by atoms with Crippen LogP contribution in [0.1, 0.15) is 50.2 Å². The number of hydrogen-bond acceptors (Lipinski definition) is 3. The van der Waals surface area contributed by atoms with E-state index in [-0.39, 0.29) is 0 Å². The maximum atomic E-state index is 5.85. The van der Waals surface area contributed by atoms with E-state index >= 15 is 0 Å². The molecule has 20 heavy (non-hydrogen) atoms. The van der Waals surface area contributed by atoms with Gasteiger partial charge in [0.2, 0.25) is 0 Å². The van der Waals surface area contributed by atoms with Crippen LogP contribution in [-0.4, -0.2) is 26.4 Å². The van der Waals surface area contributed by atoms with Gasteiger partial charge < -0.3 is 14.8 Å². The molecule has 0 radical (unpaired) electrons. The van der Waals surface area contributed by atoms with Gasteiger partial charge in [0.05, 0.1) is 6.61 Å². The molecule has 0 amide bonds. The summed E-state index contributed by atoms with van der Waals surface area (Å²) in [5.41, 5.74) is 2.67. The zero-order chi connectivity index (χ0) is 14.4. The lowest BCUT2D eigenvalue weighted by molar-refractivity contribution is 0.172. The van der Waals surface area contributed by atoms with Gasteiger partial charge >= 0.3 is 0 Å². The maximum absolute atomic E-state index is 5.85. The van der Waals surface area contributed by atoms with Gasteiger partial charge in [-0.2, -0.15) is 0 Å². The van der Waals surface area contributed by atoms with Crippen molar-refractivity contribution in [1.29, 1.82) is 0 Å². The Morgan fingerprint density at radius 1 is 1.20 bits per heavy atom. The number of methoxy groups -OCH3 is 1. The van der Waals surface area contributed by atoms with Gasteiger partial charge in [-0.3, -0.25) is 0 Å². The number of hydrogen-bond donors (Lipinski definition) is 1. The summed E-state index contributed by atoms with van der Waals surface area (Å²) in [7, 11) is 1.72. The fourth-order valence-electron chi connectivity index (χ4n) is 2.15. The van der Waals surface area contributed by atoms with Gasteiger partial charge in [0.1, 0.15) is 5.75 Å². The Bertz CT molecular complexity index is 413. The molecule has 3 heteroatoms. The Balaban J connectivity index is 1.96. The van der Waals surface area contributed by atoms with Crippen LogP contribution in [0.25, 0.3) is 0 Å². The molecule has 3 nitrogen and oxygen atoms in total.